The second-order valence-corrected chi connectivity index (χ2v) is 4.90. The summed E-state index contributed by atoms with van der Waals surface area (Å²) in [6, 6.07) is 7.35. The minimum absolute atomic E-state index is 0.104. The van der Waals surface area contributed by atoms with Crippen LogP contribution in [0.2, 0.25) is 0 Å². The number of aryl methyl sites for hydroxylation is 1. The zero-order valence-corrected chi connectivity index (χ0v) is 12.0. The monoisotopic (exact) mass is 319 g/mol. The van der Waals surface area contributed by atoms with E-state index in [-0.39, 0.29) is 5.95 Å². The van der Waals surface area contributed by atoms with Crippen LogP contribution in [0.15, 0.2) is 49.1 Å². The molecule has 0 aliphatic rings. The minimum Gasteiger partial charge on any atom is -0.324 e. The average Bonchev–Trinajstić information content (AvgIpc) is 2.94. The fourth-order valence-corrected chi connectivity index (χ4v) is 1.98. The number of nitrogens with zero attached hydrogens (tertiary/aromatic N) is 4. The largest absolute Gasteiger partial charge is 0.419 e. The van der Waals surface area contributed by atoms with Crippen LogP contribution in [0.25, 0.3) is 11.1 Å². The van der Waals surface area contributed by atoms with Crippen LogP contribution in [0.3, 0.4) is 0 Å². The molecule has 0 fully saturated rings. The van der Waals surface area contributed by atoms with Crippen LogP contribution < -0.4 is 5.32 Å². The van der Waals surface area contributed by atoms with Gasteiger partial charge in [0.25, 0.3) is 0 Å². The summed E-state index contributed by atoms with van der Waals surface area (Å²) >= 11 is 0. The van der Waals surface area contributed by atoms with Gasteiger partial charge in [-0.05, 0) is 17.7 Å². The normalized spacial score (nSPS) is 11.5. The van der Waals surface area contributed by atoms with Gasteiger partial charge in [-0.2, -0.15) is 18.3 Å². The Morgan fingerprint density at radius 1 is 0.957 bits per heavy atom. The molecule has 0 aliphatic carbocycles. The molecule has 1 aromatic carbocycles. The zero-order chi connectivity index (χ0) is 16.4. The topological polar surface area (TPSA) is 55.6 Å². The van der Waals surface area contributed by atoms with Gasteiger partial charge < -0.3 is 5.32 Å². The Bertz CT molecular complexity index is 791. The fourth-order valence-electron chi connectivity index (χ4n) is 1.98. The highest BCUT2D eigenvalue weighted by atomic mass is 19.4. The predicted molar refractivity (Wildman–Crippen MR) is 79.0 cm³/mol. The third-order valence-corrected chi connectivity index (χ3v) is 3.16. The third-order valence-electron chi connectivity index (χ3n) is 3.16. The molecule has 8 heteroatoms. The first-order valence-corrected chi connectivity index (χ1v) is 6.67. The summed E-state index contributed by atoms with van der Waals surface area (Å²) < 4.78 is 39.0. The lowest BCUT2D eigenvalue weighted by molar-refractivity contribution is -0.138. The standard InChI is InChI=1S/C15H12F3N5/c1-23-9-11(6-21-23)10-2-4-13(5-3-10)22-14-19-7-12(8-20-14)15(16,17)18/h2-9H,1H3,(H,19,20,22). The van der Waals surface area contributed by atoms with E-state index in [2.05, 4.69) is 20.4 Å². The van der Waals surface area contributed by atoms with Gasteiger partial charge in [-0.25, -0.2) is 9.97 Å². The van der Waals surface area contributed by atoms with Crippen LogP contribution in [0, 0.1) is 0 Å². The van der Waals surface area contributed by atoms with Gasteiger partial charge in [0.2, 0.25) is 5.95 Å². The molecular formula is C15H12F3N5. The van der Waals surface area contributed by atoms with Gasteiger partial charge in [-0.1, -0.05) is 12.1 Å². The Labute approximate surface area is 129 Å². The number of hydrogen-bond donors (Lipinski definition) is 1. The molecule has 3 rings (SSSR count). The smallest absolute Gasteiger partial charge is 0.324 e. The lowest BCUT2D eigenvalue weighted by atomic mass is 10.1. The lowest BCUT2D eigenvalue weighted by Gasteiger charge is -2.08. The van der Waals surface area contributed by atoms with Gasteiger partial charge in [0.15, 0.2) is 0 Å². The molecular weight excluding hydrogens is 307 g/mol. The molecule has 2 heterocycles. The van der Waals surface area contributed by atoms with Gasteiger partial charge in [0.05, 0.1) is 11.8 Å². The summed E-state index contributed by atoms with van der Waals surface area (Å²) in [7, 11) is 1.83. The van der Waals surface area contributed by atoms with Crippen molar-refractivity contribution in [1.29, 1.82) is 0 Å². The summed E-state index contributed by atoms with van der Waals surface area (Å²) in [4.78, 5) is 7.34. The van der Waals surface area contributed by atoms with Crippen molar-refractivity contribution in [2.75, 3.05) is 5.32 Å². The second-order valence-electron chi connectivity index (χ2n) is 4.90. The quantitative estimate of drug-likeness (QED) is 0.801. The summed E-state index contributed by atoms with van der Waals surface area (Å²) in [5, 5.41) is 6.96. The molecule has 0 saturated heterocycles. The van der Waals surface area contributed by atoms with Crippen molar-refractivity contribution in [2.24, 2.45) is 7.05 Å². The highest BCUT2D eigenvalue weighted by molar-refractivity contribution is 5.66. The number of anilines is 2. The molecule has 0 bridgehead atoms. The Kier molecular flexibility index (Phi) is 3.73. The number of rotatable bonds is 3. The molecule has 0 saturated carbocycles. The van der Waals surface area contributed by atoms with Crippen molar-refractivity contribution in [3.63, 3.8) is 0 Å². The minimum atomic E-state index is -4.44. The van der Waals surface area contributed by atoms with E-state index in [1.807, 2.05) is 25.4 Å². The number of nitrogens with one attached hydrogen (secondary N) is 1. The Hall–Kier alpha value is -2.90. The Morgan fingerprint density at radius 2 is 1.61 bits per heavy atom. The van der Waals surface area contributed by atoms with Gasteiger partial charge >= 0.3 is 6.18 Å². The number of hydrogen-bond acceptors (Lipinski definition) is 4. The molecule has 0 atom stereocenters. The van der Waals surface area contributed by atoms with Crippen molar-refractivity contribution in [3.05, 3.63) is 54.6 Å². The van der Waals surface area contributed by atoms with Crippen molar-refractivity contribution in [1.82, 2.24) is 19.7 Å². The second kappa shape index (κ2) is 5.71. The number of aromatic nitrogens is 4. The Balaban J connectivity index is 1.73. The molecule has 0 amide bonds. The first-order chi connectivity index (χ1) is 10.9. The predicted octanol–water partition coefficient (Wildman–Crippen LogP) is 3.64. The van der Waals surface area contributed by atoms with Crippen molar-refractivity contribution in [2.45, 2.75) is 6.18 Å². The van der Waals surface area contributed by atoms with Crippen LogP contribution in [0.5, 0.6) is 0 Å². The van der Waals surface area contributed by atoms with Gasteiger partial charge in [-0.15, -0.1) is 0 Å². The van der Waals surface area contributed by atoms with Crippen LogP contribution >= 0.6 is 0 Å². The molecule has 2 aromatic heterocycles. The number of benzene rings is 1. The van der Waals surface area contributed by atoms with E-state index in [0.717, 1.165) is 23.5 Å². The maximum absolute atomic E-state index is 12.4. The summed E-state index contributed by atoms with van der Waals surface area (Å²) in [5.74, 6) is 0.104. The molecule has 0 aliphatic heterocycles. The maximum atomic E-state index is 12.4. The van der Waals surface area contributed by atoms with Crippen molar-refractivity contribution in [3.8, 4) is 11.1 Å². The molecule has 0 unspecified atom stereocenters. The number of halogens is 3. The van der Waals surface area contributed by atoms with E-state index in [4.69, 9.17) is 0 Å². The van der Waals surface area contributed by atoms with E-state index < -0.39 is 11.7 Å². The summed E-state index contributed by atoms with van der Waals surface area (Å²) in [6.07, 6.45) is 0.700. The van der Waals surface area contributed by atoms with Crippen LogP contribution in [-0.2, 0) is 13.2 Å². The fraction of sp³-hybridized carbons (Fsp3) is 0.133. The zero-order valence-electron chi connectivity index (χ0n) is 12.0. The van der Waals surface area contributed by atoms with Gasteiger partial charge in [0.1, 0.15) is 0 Å². The van der Waals surface area contributed by atoms with E-state index in [0.29, 0.717) is 5.69 Å². The first-order valence-electron chi connectivity index (χ1n) is 6.67. The van der Waals surface area contributed by atoms with Crippen molar-refractivity contribution < 1.29 is 13.2 Å². The highest BCUT2D eigenvalue weighted by Crippen LogP contribution is 2.28. The molecule has 5 nitrogen and oxygen atoms in total. The van der Waals surface area contributed by atoms with Crippen molar-refractivity contribution >= 4 is 11.6 Å². The molecule has 23 heavy (non-hydrogen) atoms. The van der Waals surface area contributed by atoms with Crippen LogP contribution in [0.4, 0.5) is 24.8 Å². The van der Waals surface area contributed by atoms with Crippen LogP contribution in [-0.4, -0.2) is 19.7 Å². The van der Waals surface area contributed by atoms with Gasteiger partial charge in [-0.3, -0.25) is 4.68 Å². The molecule has 118 valence electrons. The van der Waals surface area contributed by atoms with E-state index in [1.165, 1.54) is 0 Å². The summed E-state index contributed by atoms with van der Waals surface area (Å²) in [5.41, 5.74) is 1.76. The summed E-state index contributed by atoms with van der Waals surface area (Å²) in [6.45, 7) is 0. The first kappa shape index (κ1) is 15.0. The van der Waals surface area contributed by atoms with Gasteiger partial charge in [0, 0.05) is 36.9 Å². The SMILES string of the molecule is Cn1cc(-c2ccc(Nc3ncc(C(F)(F)F)cn3)cc2)cn1. The lowest BCUT2D eigenvalue weighted by Crippen LogP contribution is -2.07. The molecule has 0 radical (unpaired) electrons. The maximum Gasteiger partial charge on any atom is 0.419 e. The highest BCUT2D eigenvalue weighted by Gasteiger charge is 2.31. The molecule has 3 aromatic rings. The molecule has 0 spiro atoms. The Morgan fingerprint density at radius 3 is 2.13 bits per heavy atom. The average molecular weight is 319 g/mol. The number of alkyl halides is 3. The van der Waals surface area contributed by atoms with E-state index in [1.54, 1.807) is 23.0 Å². The van der Waals surface area contributed by atoms with Crippen LogP contribution in [0.1, 0.15) is 5.56 Å². The third kappa shape index (κ3) is 3.47. The van der Waals surface area contributed by atoms with E-state index >= 15 is 0 Å². The molecule has 1 N–H and O–H groups in total. The van der Waals surface area contributed by atoms with E-state index in [9.17, 15) is 13.2 Å².